The molecule has 0 bridgehead atoms. The van der Waals surface area contributed by atoms with Gasteiger partial charge in [-0.3, -0.25) is 4.79 Å². The summed E-state index contributed by atoms with van der Waals surface area (Å²) < 4.78 is 61.4. The fraction of sp³-hybridized carbons (Fsp3) is 0.818. The van der Waals surface area contributed by atoms with Crippen molar-refractivity contribution in [3.8, 4) is 6.07 Å². The number of carbonyl (C=O) groups excluding carboxylic acids is 1. The Bertz CT molecular complexity index is 368. The molecular weight excluding hydrogens is 271 g/mol. The normalized spacial score (nSPS) is 19.6. The second-order valence-corrected chi connectivity index (χ2v) is 4.55. The molecule has 0 radical (unpaired) electrons. The Kier molecular flexibility index (Phi) is 4.71. The highest BCUT2D eigenvalue weighted by Crippen LogP contribution is 2.36. The molecule has 1 atom stereocenters. The summed E-state index contributed by atoms with van der Waals surface area (Å²) in [5.41, 5.74) is 0. The average molecular weight is 284 g/mol. The standard InChI is InChI=1S/C11H13F5N2O/c12-10(13,11(14,15)16)9(19)18-8(6-17)7-4-2-1-3-5-7/h7-8H,1-5H2,(H,18,19). The van der Waals surface area contributed by atoms with Gasteiger partial charge in [-0.1, -0.05) is 19.3 Å². The van der Waals surface area contributed by atoms with Gasteiger partial charge in [0.25, 0.3) is 0 Å². The monoisotopic (exact) mass is 284 g/mol. The Morgan fingerprint density at radius 2 is 1.68 bits per heavy atom. The molecule has 0 aromatic carbocycles. The van der Waals surface area contributed by atoms with Crippen molar-refractivity contribution in [2.45, 2.75) is 50.2 Å². The quantitative estimate of drug-likeness (QED) is 0.810. The van der Waals surface area contributed by atoms with E-state index in [4.69, 9.17) is 5.26 Å². The predicted molar refractivity (Wildman–Crippen MR) is 55.1 cm³/mol. The van der Waals surface area contributed by atoms with E-state index in [1.165, 1.54) is 5.32 Å². The van der Waals surface area contributed by atoms with Crippen LogP contribution in [0.25, 0.3) is 0 Å². The van der Waals surface area contributed by atoms with Crippen LogP contribution in [-0.4, -0.2) is 24.0 Å². The fourth-order valence-electron chi connectivity index (χ4n) is 2.08. The molecule has 1 amide bonds. The number of rotatable bonds is 3. The summed E-state index contributed by atoms with van der Waals surface area (Å²) >= 11 is 0. The largest absolute Gasteiger partial charge is 0.463 e. The summed E-state index contributed by atoms with van der Waals surface area (Å²) in [6, 6.07) is 0.289. The van der Waals surface area contributed by atoms with Gasteiger partial charge in [-0.15, -0.1) is 0 Å². The third-order valence-electron chi connectivity index (χ3n) is 3.19. The lowest BCUT2D eigenvalue weighted by Crippen LogP contribution is -2.54. The van der Waals surface area contributed by atoms with Crippen LogP contribution in [0.5, 0.6) is 0 Å². The maximum Gasteiger partial charge on any atom is 0.463 e. The first-order valence-corrected chi connectivity index (χ1v) is 5.85. The summed E-state index contributed by atoms with van der Waals surface area (Å²) in [6.07, 6.45) is -2.40. The molecule has 1 aliphatic rings. The fourth-order valence-corrected chi connectivity index (χ4v) is 2.08. The number of hydrogen-bond donors (Lipinski definition) is 1. The molecule has 1 fully saturated rings. The predicted octanol–water partition coefficient (Wildman–Crippen LogP) is 2.77. The van der Waals surface area contributed by atoms with Crippen LogP contribution < -0.4 is 5.32 Å². The molecule has 0 aliphatic heterocycles. The zero-order valence-corrected chi connectivity index (χ0v) is 9.94. The maximum absolute atomic E-state index is 12.7. The van der Waals surface area contributed by atoms with Gasteiger partial charge in [0.05, 0.1) is 6.07 Å². The Labute approximate surface area is 106 Å². The van der Waals surface area contributed by atoms with Gasteiger partial charge in [0.1, 0.15) is 6.04 Å². The Morgan fingerprint density at radius 3 is 2.11 bits per heavy atom. The molecule has 0 saturated heterocycles. The van der Waals surface area contributed by atoms with E-state index in [1.807, 2.05) is 0 Å². The molecule has 1 unspecified atom stereocenters. The second-order valence-electron chi connectivity index (χ2n) is 4.55. The number of nitrogens with zero attached hydrogens (tertiary/aromatic N) is 1. The van der Waals surface area contributed by atoms with Crippen molar-refractivity contribution < 1.29 is 26.7 Å². The van der Waals surface area contributed by atoms with Gasteiger partial charge in [-0.25, -0.2) is 0 Å². The van der Waals surface area contributed by atoms with E-state index < -0.39 is 24.0 Å². The van der Waals surface area contributed by atoms with Gasteiger partial charge < -0.3 is 5.32 Å². The van der Waals surface area contributed by atoms with Crippen LogP contribution in [-0.2, 0) is 4.79 Å². The van der Waals surface area contributed by atoms with Crippen LogP contribution in [0.1, 0.15) is 32.1 Å². The van der Waals surface area contributed by atoms with Crippen molar-refractivity contribution in [1.29, 1.82) is 5.26 Å². The lowest BCUT2D eigenvalue weighted by atomic mass is 9.84. The highest BCUT2D eigenvalue weighted by Gasteiger charge is 2.63. The molecule has 0 spiro atoms. The van der Waals surface area contributed by atoms with Crippen LogP contribution in [0, 0.1) is 17.2 Å². The number of hydrogen-bond acceptors (Lipinski definition) is 2. The number of alkyl halides is 5. The minimum Gasteiger partial charge on any atom is -0.335 e. The van der Waals surface area contributed by atoms with E-state index >= 15 is 0 Å². The highest BCUT2D eigenvalue weighted by atomic mass is 19.4. The van der Waals surface area contributed by atoms with E-state index in [0.717, 1.165) is 19.3 Å². The molecule has 0 heterocycles. The number of nitriles is 1. The van der Waals surface area contributed by atoms with Gasteiger partial charge in [-0.05, 0) is 18.8 Å². The number of halogens is 5. The SMILES string of the molecule is N#CC(NC(=O)C(F)(F)C(F)(F)F)C1CCCCC1. The van der Waals surface area contributed by atoms with Crippen molar-refractivity contribution in [2.75, 3.05) is 0 Å². The number of nitrogens with one attached hydrogen (secondary N) is 1. The van der Waals surface area contributed by atoms with E-state index in [-0.39, 0.29) is 5.92 Å². The minimum absolute atomic E-state index is 0.369. The Balaban J connectivity index is 2.71. The molecule has 1 rings (SSSR count). The minimum atomic E-state index is -5.95. The molecule has 1 saturated carbocycles. The van der Waals surface area contributed by atoms with Crippen molar-refractivity contribution in [2.24, 2.45) is 5.92 Å². The molecule has 108 valence electrons. The lowest BCUT2D eigenvalue weighted by Gasteiger charge is -2.28. The van der Waals surface area contributed by atoms with Crippen LogP contribution in [0.15, 0.2) is 0 Å². The zero-order valence-electron chi connectivity index (χ0n) is 9.94. The van der Waals surface area contributed by atoms with Crippen molar-refractivity contribution in [3.05, 3.63) is 0 Å². The molecule has 1 N–H and O–H groups in total. The molecule has 3 nitrogen and oxygen atoms in total. The average Bonchev–Trinajstić information content (AvgIpc) is 2.35. The van der Waals surface area contributed by atoms with Crippen molar-refractivity contribution in [1.82, 2.24) is 5.32 Å². The van der Waals surface area contributed by atoms with E-state index in [2.05, 4.69) is 0 Å². The molecule has 0 aromatic heterocycles. The smallest absolute Gasteiger partial charge is 0.335 e. The molecular formula is C11H13F5N2O. The summed E-state index contributed by atoms with van der Waals surface area (Å²) in [4.78, 5) is 11.0. The molecule has 8 heteroatoms. The first kappa shape index (κ1) is 15.7. The van der Waals surface area contributed by atoms with Gasteiger partial charge in [0.15, 0.2) is 0 Å². The van der Waals surface area contributed by atoms with Gasteiger partial charge in [-0.2, -0.15) is 27.2 Å². The molecule has 1 aliphatic carbocycles. The third kappa shape index (κ3) is 3.55. The zero-order chi connectivity index (χ0) is 14.7. The summed E-state index contributed by atoms with van der Waals surface area (Å²) in [5.74, 6) is -8.31. The van der Waals surface area contributed by atoms with E-state index in [1.54, 1.807) is 6.07 Å². The third-order valence-corrected chi connectivity index (χ3v) is 3.19. The highest BCUT2D eigenvalue weighted by molar-refractivity contribution is 5.84. The van der Waals surface area contributed by atoms with Crippen molar-refractivity contribution >= 4 is 5.91 Å². The second kappa shape index (κ2) is 5.72. The molecule has 0 aromatic rings. The first-order valence-electron chi connectivity index (χ1n) is 5.85. The van der Waals surface area contributed by atoms with Crippen LogP contribution in [0.3, 0.4) is 0 Å². The van der Waals surface area contributed by atoms with Crippen LogP contribution in [0.4, 0.5) is 22.0 Å². The van der Waals surface area contributed by atoms with Gasteiger partial charge in [0, 0.05) is 0 Å². The summed E-state index contributed by atoms with van der Waals surface area (Å²) in [7, 11) is 0. The van der Waals surface area contributed by atoms with Gasteiger partial charge in [0.2, 0.25) is 0 Å². The number of amides is 1. The number of carbonyl (C=O) groups is 1. The van der Waals surface area contributed by atoms with Gasteiger partial charge >= 0.3 is 18.0 Å². The van der Waals surface area contributed by atoms with E-state index in [9.17, 15) is 26.7 Å². The Morgan fingerprint density at radius 1 is 1.16 bits per heavy atom. The maximum atomic E-state index is 12.7. The van der Waals surface area contributed by atoms with Crippen molar-refractivity contribution in [3.63, 3.8) is 0 Å². The van der Waals surface area contributed by atoms with E-state index in [0.29, 0.717) is 12.8 Å². The topological polar surface area (TPSA) is 52.9 Å². The summed E-state index contributed by atoms with van der Waals surface area (Å²) in [6.45, 7) is 0. The summed E-state index contributed by atoms with van der Waals surface area (Å²) in [5, 5.41) is 10.3. The molecule has 19 heavy (non-hydrogen) atoms. The lowest BCUT2D eigenvalue weighted by molar-refractivity contribution is -0.270. The Hall–Kier alpha value is -1.39. The van der Waals surface area contributed by atoms with Crippen LogP contribution in [0.2, 0.25) is 0 Å². The first-order chi connectivity index (χ1) is 8.70. The van der Waals surface area contributed by atoms with Crippen LogP contribution >= 0.6 is 0 Å².